The summed E-state index contributed by atoms with van der Waals surface area (Å²) in [6.45, 7) is 2.61. The lowest BCUT2D eigenvalue weighted by Gasteiger charge is -2.20. The minimum absolute atomic E-state index is 0.0221. The molecule has 0 spiro atoms. The zero-order valence-corrected chi connectivity index (χ0v) is 13.3. The van der Waals surface area contributed by atoms with Gasteiger partial charge in [-0.1, -0.05) is 28.1 Å². The molecule has 0 bridgehead atoms. The molecular formula is C15H19BrN2O2. The maximum atomic E-state index is 12.4. The number of likely N-dealkylation sites (N-methyl/N-ethyl adjacent to an activating group) is 2. The molecule has 1 N–H and O–H groups in total. The molecule has 1 aromatic rings. The van der Waals surface area contributed by atoms with Crippen LogP contribution in [0.4, 0.5) is 0 Å². The van der Waals surface area contributed by atoms with Gasteiger partial charge < -0.3 is 10.2 Å². The molecule has 1 aromatic carbocycles. The number of nitrogens with one attached hydrogen (secondary N) is 1. The summed E-state index contributed by atoms with van der Waals surface area (Å²) in [6, 6.07) is 8.08. The molecule has 1 aliphatic rings. The third-order valence-corrected chi connectivity index (χ3v) is 4.18. The van der Waals surface area contributed by atoms with Gasteiger partial charge in [0.25, 0.3) is 0 Å². The van der Waals surface area contributed by atoms with Gasteiger partial charge in [0.15, 0.2) is 0 Å². The van der Waals surface area contributed by atoms with Gasteiger partial charge in [-0.05, 0) is 37.0 Å². The molecule has 2 atom stereocenters. The van der Waals surface area contributed by atoms with E-state index in [1.165, 1.54) is 5.56 Å². The van der Waals surface area contributed by atoms with Crippen LogP contribution in [0.2, 0.25) is 0 Å². The van der Waals surface area contributed by atoms with E-state index in [9.17, 15) is 9.59 Å². The Morgan fingerprint density at radius 3 is 2.80 bits per heavy atom. The van der Waals surface area contributed by atoms with Crippen LogP contribution in [0.3, 0.4) is 0 Å². The summed E-state index contributed by atoms with van der Waals surface area (Å²) in [5, 5.41) is 2.56. The maximum absolute atomic E-state index is 12.4. The second-order valence-electron chi connectivity index (χ2n) is 5.03. The average Bonchev–Trinajstić information content (AvgIpc) is 3.24. The van der Waals surface area contributed by atoms with Gasteiger partial charge >= 0.3 is 0 Å². The number of nitrogens with zero attached hydrogens (tertiary/aromatic N) is 1. The van der Waals surface area contributed by atoms with Crippen LogP contribution in [0.25, 0.3) is 0 Å². The molecule has 2 rings (SSSR count). The van der Waals surface area contributed by atoms with E-state index < -0.39 is 0 Å². The third kappa shape index (κ3) is 3.39. The van der Waals surface area contributed by atoms with Crippen molar-refractivity contribution in [1.82, 2.24) is 10.2 Å². The highest BCUT2D eigenvalue weighted by Gasteiger charge is 2.45. The molecule has 0 radical (unpaired) electrons. The van der Waals surface area contributed by atoms with E-state index in [1.807, 2.05) is 19.1 Å². The van der Waals surface area contributed by atoms with Gasteiger partial charge in [-0.15, -0.1) is 0 Å². The lowest BCUT2D eigenvalue weighted by molar-refractivity contribution is -0.136. The van der Waals surface area contributed by atoms with Crippen molar-refractivity contribution in [1.29, 1.82) is 0 Å². The highest BCUT2D eigenvalue weighted by atomic mass is 79.9. The lowest BCUT2D eigenvalue weighted by Crippen LogP contribution is -2.40. The van der Waals surface area contributed by atoms with E-state index in [4.69, 9.17) is 0 Å². The van der Waals surface area contributed by atoms with Gasteiger partial charge in [0.1, 0.15) is 0 Å². The molecule has 0 aliphatic heterocycles. The monoisotopic (exact) mass is 338 g/mol. The first-order valence-electron chi connectivity index (χ1n) is 6.81. The van der Waals surface area contributed by atoms with E-state index in [2.05, 4.69) is 33.4 Å². The Bertz CT molecular complexity index is 518. The largest absolute Gasteiger partial charge is 0.358 e. The predicted octanol–water partition coefficient (Wildman–Crippen LogP) is 2.15. The summed E-state index contributed by atoms with van der Waals surface area (Å²) < 4.78 is 1.03. The molecule has 5 heteroatoms. The fourth-order valence-electron chi connectivity index (χ4n) is 2.41. The maximum Gasteiger partial charge on any atom is 0.239 e. The van der Waals surface area contributed by atoms with E-state index in [0.29, 0.717) is 12.5 Å². The summed E-state index contributed by atoms with van der Waals surface area (Å²) in [5.41, 5.74) is 1.19. The number of halogens is 1. The molecular weight excluding hydrogens is 320 g/mol. The molecule has 1 aliphatic carbocycles. The van der Waals surface area contributed by atoms with E-state index in [1.54, 1.807) is 11.9 Å². The molecule has 1 saturated carbocycles. The van der Waals surface area contributed by atoms with Gasteiger partial charge in [0.05, 0.1) is 6.54 Å². The van der Waals surface area contributed by atoms with Crippen LogP contribution in [0, 0.1) is 5.92 Å². The second kappa shape index (κ2) is 6.39. The van der Waals surface area contributed by atoms with E-state index in [-0.39, 0.29) is 24.3 Å². The Morgan fingerprint density at radius 1 is 1.45 bits per heavy atom. The molecule has 4 nitrogen and oxygen atoms in total. The molecule has 0 heterocycles. The van der Waals surface area contributed by atoms with Crippen molar-refractivity contribution in [2.75, 3.05) is 20.1 Å². The fraction of sp³-hybridized carbons (Fsp3) is 0.467. The minimum Gasteiger partial charge on any atom is -0.358 e. The van der Waals surface area contributed by atoms with Gasteiger partial charge in [0.2, 0.25) is 11.8 Å². The zero-order valence-electron chi connectivity index (χ0n) is 11.7. The van der Waals surface area contributed by atoms with Crippen molar-refractivity contribution in [2.24, 2.45) is 5.92 Å². The van der Waals surface area contributed by atoms with Crippen molar-refractivity contribution >= 4 is 27.7 Å². The van der Waals surface area contributed by atoms with Crippen molar-refractivity contribution in [3.05, 3.63) is 34.3 Å². The Balaban J connectivity index is 1.99. The Hall–Kier alpha value is -1.36. The number of rotatable bonds is 5. The lowest BCUT2D eigenvalue weighted by atomic mass is 10.1. The van der Waals surface area contributed by atoms with Crippen LogP contribution in [-0.2, 0) is 9.59 Å². The van der Waals surface area contributed by atoms with Crippen LogP contribution in [0.1, 0.15) is 24.8 Å². The molecule has 0 saturated heterocycles. The molecule has 108 valence electrons. The Kier molecular flexibility index (Phi) is 4.81. The number of amides is 2. The summed E-state index contributed by atoms with van der Waals surface area (Å²) in [6.07, 6.45) is 0.875. The molecule has 1 fully saturated rings. The number of carbonyl (C=O) groups excluding carboxylic acids is 2. The normalized spacial score (nSPS) is 20.4. The van der Waals surface area contributed by atoms with Crippen LogP contribution in [0.5, 0.6) is 0 Å². The number of carbonyl (C=O) groups is 2. The Labute approximate surface area is 127 Å². The standard InChI is InChI=1S/C15H19BrN2O2/c1-3-18(9-14(19)17-2)15(20)13-8-12(13)10-5-4-6-11(16)7-10/h4-7,12-13H,3,8-9H2,1-2H3,(H,17,19)/t12-,13-/m1/s1. The van der Waals surface area contributed by atoms with Crippen molar-refractivity contribution in [2.45, 2.75) is 19.3 Å². The first-order chi connectivity index (χ1) is 9.56. The summed E-state index contributed by atoms with van der Waals surface area (Å²) in [7, 11) is 1.59. The van der Waals surface area contributed by atoms with Gasteiger partial charge in [-0.25, -0.2) is 0 Å². The number of hydrogen-bond acceptors (Lipinski definition) is 2. The quantitative estimate of drug-likeness (QED) is 0.894. The van der Waals surface area contributed by atoms with Crippen LogP contribution < -0.4 is 5.32 Å². The first kappa shape index (κ1) is 15.0. The van der Waals surface area contributed by atoms with Gasteiger partial charge in [0, 0.05) is 24.0 Å². The number of benzene rings is 1. The van der Waals surface area contributed by atoms with Crippen molar-refractivity contribution in [3.63, 3.8) is 0 Å². The predicted molar refractivity (Wildman–Crippen MR) is 81.3 cm³/mol. The smallest absolute Gasteiger partial charge is 0.239 e. The summed E-state index contributed by atoms with van der Waals surface area (Å²) in [4.78, 5) is 25.4. The van der Waals surface area contributed by atoms with Crippen LogP contribution in [-0.4, -0.2) is 36.9 Å². The molecule has 0 unspecified atom stereocenters. The van der Waals surface area contributed by atoms with Gasteiger partial charge in [-0.2, -0.15) is 0 Å². The average molecular weight is 339 g/mol. The Morgan fingerprint density at radius 2 is 2.20 bits per heavy atom. The van der Waals surface area contributed by atoms with Crippen LogP contribution in [0.15, 0.2) is 28.7 Å². The van der Waals surface area contributed by atoms with E-state index in [0.717, 1.165) is 10.9 Å². The highest BCUT2D eigenvalue weighted by Crippen LogP contribution is 2.48. The first-order valence-corrected chi connectivity index (χ1v) is 7.61. The molecule has 20 heavy (non-hydrogen) atoms. The highest BCUT2D eigenvalue weighted by molar-refractivity contribution is 9.10. The summed E-state index contributed by atoms with van der Waals surface area (Å²) >= 11 is 3.45. The minimum atomic E-state index is -0.125. The molecule has 2 amide bonds. The topological polar surface area (TPSA) is 49.4 Å². The van der Waals surface area contributed by atoms with Crippen molar-refractivity contribution < 1.29 is 9.59 Å². The van der Waals surface area contributed by atoms with E-state index >= 15 is 0 Å². The molecule has 0 aromatic heterocycles. The van der Waals surface area contributed by atoms with Crippen molar-refractivity contribution in [3.8, 4) is 0 Å². The second-order valence-corrected chi connectivity index (χ2v) is 5.94. The zero-order chi connectivity index (χ0) is 14.7. The fourth-order valence-corrected chi connectivity index (χ4v) is 2.82. The van der Waals surface area contributed by atoms with Crippen LogP contribution >= 0.6 is 15.9 Å². The summed E-state index contributed by atoms with van der Waals surface area (Å²) in [5.74, 6) is 0.272. The SMILES string of the molecule is CCN(CC(=O)NC)C(=O)[C@@H]1C[C@@H]1c1cccc(Br)c1. The third-order valence-electron chi connectivity index (χ3n) is 3.69. The number of hydrogen-bond donors (Lipinski definition) is 1. The van der Waals surface area contributed by atoms with Gasteiger partial charge in [-0.3, -0.25) is 9.59 Å².